The van der Waals surface area contributed by atoms with Crippen molar-refractivity contribution in [3.05, 3.63) is 135 Å². The van der Waals surface area contributed by atoms with E-state index in [0.717, 1.165) is 96.8 Å². The normalized spacial score (nSPS) is 14.7. The van der Waals surface area contributed by atoms with Gasteiger partial charge in [-0.25, -0.2) is 38.7 Å². The van der Waals surface area contributed by atoms with E-state index in [9.17, 15) is 8.78 Å². The summed E-state index contributed by atoms with van der Waals surface area (Å²) in [6, 6.07) is 6.36. The summed E-state index contributed by atoms with van der Waals surface area (Å²) in [5.74, 6) is 4.27. The highest BCUT2D eigenvalue weighted by Crippen LogP contribution is 2.37. The fourth-order valence-corrected chi connectivity index (χ4v) is 8.92. The maximum atomic E-state index is 14.4. The second kappa shape index (κ2) is 22.0. The topological polar surface area (TPSA) is 175 Å². The van der Waals surface area contributed by atoms with Crippen LogP contribution in [0.4, 0.5) is 8.78 Å². The number of hydrogen-bond donors (Lipinski definition) is 0. The molecule has 0 saturated carbocycles. The van der Waals surface area contributed by atoms with Gasteiger partial charge < -0.3 is 18.8 Å². The first kappa shape index (κ1) is 54.0. The number of benzene rings is 2. The van der Waals surface area contributed by atoms with E-state index in [2.05, 4.69) is 66.2 Å². The van der Waals surface area contributed by atoms with Crippen molar-refractivity contribution in [1.82, 2.24) is 59.1 Å². The highest BCUT2D eigenvalue weighted by Gasteiger charge is 2.52. The number of nitrogens with zero attached hydrogens (tertiary/aromatic N) is 12. The first-order valence-corrected chi connectivity index (χ1v) is 23.2. The van der Waals surface area contributed by atoms with E-state index in [4.69, 9.17) is 18.8 Å². The van der Waals surface area contributed by atoms with Crippen molar-refractivity contribution in [2.24, 2.45) is 0 Å². The molecule has 3 aliphatic rings. The quantitative estimate of drug-likeness (QED) is 0.134. The van der Waals surface area contributed by atoms with Gasteiger partial charge in [-0.3, -0.25) is 8.80 Å². The first-order valence-electron chi connectivity index (χ1n) is 22.4. The molecule has 0 bridgehead atoms. The molecule has 21 heteroatoms. The molecule has 16 nitrogen and oxygen atoms in total. The van der Waals surface area contributed by atoms with Crippen molar-refractivity contribution in [1.29, 1.82) is 0 Å². The predicted molar refractivity (Wildman–Crippen MR) is 272 cm³/mol. The SMILES string of the molecule is C.C.Cc1ncc(-c2cnc(CCc3c(F)ccc4c3CCO4)n3cnnc23)c(C)n1.Cc1ncc(B2OC(C)(C)C(C)(C)O2)c(C)n1.Fc1ccc2c(c1CCc1ncc(Br)c3nncn13)CCO2.[B]. The molecule has 0 unspecified atom stereocenters. The third-order valence-corrected chi connectivity index (χ3v) is 13.4. The molecule has 1 fully saturated rings. The van der Waals surface area contributed by atoms with Crippen LogP contribution in [0.25, 0.3) is 22.4 Å². The Balaban J connectivity index is 0.000000177. The number of ether oxygens (including phenoxy) is 2. The van der Waals surface area contributed by atoms with Gasteiger partial charge in [0.2, 0.25) is 0 Å². The maximum Gasteiger partial charge on any atom is 0.498 e. The standard InChI is InChI=1S/C21H19FN6O.C15H12BrFN4O.C12H19BN2O2.2CH4.B/c1-12-16(9-23-13(2)26-12)17-10-24-20(28-11-25-27-21(17)28)6-3-14-15-7-8-29-19(15)5-4-18(14)22;16-11-7-18-14(21-8-19-20-15(11)21)4-1-9-10-5-6-22-13(10)3-2-12(9)17;1-8-10(7-14-9(2)15-8)13-16-11(3,4)12(5,6)17-13;;;/h4-5,9-11H,3,6-8H2,1-2H3;2-3,7-8H,1,4-6H2;7H,1-6H3;2*1H4;. The van der Waals surface area contributed by atoms with Crippen molar-refractivity contribution in [3.8, 4) is 22.6 Å². The zero-order valence-electron chi connectivity index (χ0n) is 39.7. The van der Waals surface area contributed by atoms with Crippen LogP contribution in [-0.2, 0) is 47.8 Å². The van der Waals surface area contributed by atoms with Crippen LogP contribution < -0.4 is 14.9 Å². The lowest BCUT2D eigenvalue weighted by atomic mass is 9.79. The number of aryl methyl sites for hydroxylation is 6. The fraction of sp³-hybridized carbons (Fsp3) is 0.400. The summed E-state index contributed by atoms with van der Waals surface area (Å²) in [7, 11) is -0.374. The highest BCUT2D eigenvalue weighted by atomic mass is 79.9. The van der Waals surface area contributed by atoms with Gasteiger partial charge in [-0.1, -0.05) is 14.9 Å². The molecule has 0 atom stereocenters. The number of rotatable bonds is 8. The Hall–Kier alpha value is -6.31. The molecule has 2 aromatic carbocycles. The van der Waals surface area contributed by atoms with Gasteiger partial charge in [0, 0.05) is 98.0 Å². The Morgan fingerprint density at radius 2 is 1.10 bits per heavy atom. The van der Waals surface area contributed by atoms with Crippen LogP contribution in [0.3, 0.4) is 0 Å². The summed E-state index contributed by atoms with van der Waals surface area (Å²) >= 11 is 3.40. The van der Waals surface area contributed by atoms with E-state index >= 15 is 0 Å². The van der Waals surface area contributed by atoms with Gasteiger partial charge >= 0.3 is 7.12 Å². The molecule has 0 amide bonds. The van der Waals surface area contributed by atoms with E-state index in [-0.39, 0.29) is 53.2 Å². The molecular formula is C50H58B2BrF2N12O4. The summed E-state index contributed by atoms with van der Waals surface area (Å²) < 4.78 is 56.1. The van der Waals surface area contributed by atoms with E-state index in [1.807, 2.05) is 64.2 Å². The molecule has 8 aromatic rings. The Bertz CT molecular complexity index is 3180. The van der Waals surface area contributed by atoms with E-state index in [1.165, 1.54) is 12.1 Å². The van der Waals surface area contributed by atoms with E-state index < -0.39 is 0 Å². The zero-order valence-corrected chi connectivity index (χ0v) is 41.3. The molecule has 0 aliphatic carbocycles. The second-order valence-electron chi connectivity index (χ2n) is 17.8. The molecule has 1 saturated heterocycles. The third kappa shape index (κ3) is 11.0. The van der Waals surface area contributed by atoms with Crippen molar-refractivity contribution in [2.75, 3.05) is 13.2 Å². The molecule has 3 aliphatic heterocycles. The van der Waals surface area contributed by atoms with Gasteiger partial charge in [0.15, 0.2) is 11.3 Å². The van der Waals surface area contributed by atoms with Gasteiger partial charge in [-0.2, -0.15) is 0 Å². The van der Waals surface area contributed by atoms with Crippen molar-refractivity contribution < 1.29 is 27.6 Å². The number of halogens is 3. The van der Waals surface area contributed by atoms with Crippen LogP contribution in [0, 0.1) is 39.3 Å². The molecule has 6 aromatic heterocycles. The van der Waals surface area contributed by atoms with Crippen LogP contribution >= 0.6 is 15.9 Å². The highest BCUT2D eigenvalue weighted by molar-refractivity contribution is 9.10. The van der Waals surface area contributed by atoms with Crippen LogP contribution in [0.2, 0.25) is 0 Å². The zero-order chi connectivity index (χ0) is 47.9. The van der Waals surface area contributed by atoms with Gasteiger partial charge in [-0.15, -0.1) is 20.4 Å². The largest absolute Gasteiger partial charge is 0.498 e. The molecule has 0 spiro atoms. The monoisotopic (exact) mass is 1030 g/mol. The van der Waals surface area contributed by atoms with E-state index in [1.54, 1.807) is 49.6 Å². The van der Waals surface area contributed by atoms with Crippen molar-refractivity contribution >= 4 is 48.2 Å². The average molecular weight is 1030 g/mol. The van der Waals surface area contributed by atoms with Gasteiger partial charge in [0.1, 0.15) is 59.1 Å². The minimum atomic E-state index is -0.374. The van der Waals surface area contributed by atoms with Crippen molar-refractivity contribution in [3.63, 3.8) is 0 Å². The van der Waals surface area contributed by atoms with Crippen LogP contribution in [-0.4, -0.2) is 99.0 Å². The lowest BCUT2D eigenvalue weighted by Gasteiger charge is -2.32. The van der Waals surface area contributed by atoms with Crippen LogP contribution in [0.5, 0.6) is 11.5 Å². The Morgan fingerprint density at radius 1 is 0.620 bits per heavy atom. The number of hydrogen-bond acceptors (Lipinski definition) is 14. The second-order valence-corrected chi connectivity index (χ2v) is 18.7. The van der Waals surface area contributed by atoms with Gasteiger partial charge in [0.25, 0.3) is 0 Å². The van der Waals surface area contributed by atoms with Crippen LogP contribution in [0.1, 0.15) is 99.5 Å². The molecule has 71 heavy (non-hydrogen) atoms. The van der Waals surface area contributed by atoms with Gasteiger partial charge in [0.05, 0.1) is 28.9 Å². The van der Waals surface area contributed by atoms with Gasteiger partial charge in [-0.05, 0) is 120 Å². The van der Waals surface area contributed by atoms with Crippen molar-refractivity contribution in [2.45, 2.75) is 120 Å². The molecular weight excluding hydrogens is 972 g/mol. The Kier molecular flexibility index (Phi) is 16.7. The van der Waals surface area contributed by atoms with Crippen LogP contribution in [0.15, 0.2) is 66.2 Å². The predicted octanol–water partition coefficient (Wildman–Crippen LogP) is 8.09. The summed E-state index contributed by atoms with van der Waals surface area (Å²) in [6.45, 7) is 17.0. The van der Waals surface area contributed by atoms with E-state index in [0.29, 0.717) is 55.8 Å². The minimum Gasteiger partial charge on any atom is -0.493 e. The fourth-order valence-electron chi connectivity index (χ4n) is 8.55. The molecule has 11 rings (SSSR count). The molecule has 0 N–H and O–H groups in total. The Labute approximate surface area is 423 Å². The maximum absolute atomic E-state index is 14.4. The average Bonchev–Trinajstić information content (AvgIpc) is 4.16. The molecule has 3 radical (unpaired) electrons. The third-order valence-electron chi connectivity index (χ3n) is 12.9. The molecule has 9 heterocycles. The Morgan fingerprint density at radius 3 is 1.63 bits per heavy atom. The molecule has 369 valence electrons. The lowest BCUT2D eigenvalue weighted by molar-refractivity contribution is 0.00578. The number of fused-ring (bicyclic) bond motifs is 4. The summed E-state index contributed by atoms with van der Waals surface area (Å²) in [4.78, 5) is 26.3. The smallest absolute Gasteiger partial charge is 0.493 e. The summed E-state index contributed by atoms with van der Waals surface area (Å²) in [5, 5.41) is 16.3. The summed E-state index contributed by atoms with van der Waals surface area (Å²) in [5.41, 5.74) is 8.51. The first-order chi connectivity index (χ1) is 32.6. The minimum absolute atomic E-state index is 0. The lowest BCUT2D eigenvalue weighted by Crippen LogP contribution is -2.41. The number of aromatic nitrogens is 12. The summed E-state index contributed by atoms with van der Waals surface area (Å²) in [6.07, 6.45) is 14.1.